The summed E-state index contributed by atoms with van der Waals surface area (Å²) in [6.07, 6.45) is 0. The van der Waals surface area contributed by atoms with Crippen molar-refractivity contribution in [3.05, 3.63) is 46.7 Å². The Morgan fingerprint density at radius 1 is 1.05 bits per heavy atom. The molecule has 0 unspecified atom stereocenters. The van der Waals surface area contributed by atoms with E-state index >= 15 is 0 Å². The Bertz CT molecular complexity index is 618. The first-order valence-corrected chi connectivity index (χ1v) is 8.44. The second kappa shape index (κ2) is 7.05. The van der Waals surface area contributed by atoms with Crippen molar-refractivity contribution >= 4 is 17.2 Å². The van der Waals surface area contributed by atoms with E-state index in [1.165, 1.54) is 16.0 Å². The largest absolute Gasteiger partial charge is 0.369 e. The summed E-state index contributed by atoms with van der Waals surface area (Å²) in [4.78, 5) is 16.9. The summed E-state index contributed by atoms with van der Waals surface area (Å²) >= 11 is 1.82. The van der Waals surface area contributed by atoms with Gasteiger partial charge in [0.1, 0.15) is 0 Å². The van der Waals surface area contributed by atoms with Gasteiger partial charge in [-0.15, -0.1) is 11.3 Å². The van der Waals surface area contributed by atoms with Crippen molar-refractivity contribution in [2.24, 2.45) is 5.73 Å². The van der Waals surface area contributed by atoms with E-state index in [-0.39, 0.29) is 5.91 Å². The van der Waals surface area contributed by atoms with E-state index in [1.807, 2.05) is 17.4 Å². The molecule has 4 nitrogen and oxygen atoms in total. The second-order valence-corrected chi connectivity index (χ2v) is 6.68. The van der Waals surface area contributed by atoms with Gasteiger partial charge in [0.25, 0.3) is 0 Å². The number of piperazine rings is 1. The lowest BCUT2D eigenvalue weighted by Gasteiger charge is -2.33. The van der Waals surface area contributed by atoms with Gasteiger partial charge in [-0.05, 0) is 22.6 Å². The minimum Gasteiger partial charge on any atom is -0.369 e. The van der Waals surface area contributed by atoms with Gasteiger partial charge in [-0.25, -0.2) is 0 Å². The van der Waals surface area contributed by atoms with Gasteiger partial charge >= 0.3 is 0 Å². The SMILES string of the molecule is NC(=O)CN1CCN(Cc2cc(-c3ccccc3)cs2)CC1. The number of hydrogen-bond acceptors (Lipinski definition) is 4. The Labute approximate surface area is 135 Å². The Balaban J connectivity index is 1.55. The van der Waals surface area contributed by atoms with E-state index in [4.69, 9.17) is 5.73 Å². The van der Waals surface area contributed by atoms with Crippen molar-refractivity contribution in [1.82, 2.24) is 9.80 Å². The molecule has 1 aromatic carbocycles. The van der Waals surface area contributed by atoms with Crippen molar-refractivity contribution in [2.45, 2.75) is 6.54 Å². The molecule has 2 heterocycles. The fourth-order valence-corrected chi connectivity index (χ4v) is 3.73. The third-order valence-corrected chi connectivity index (χ3v) is 4.91. The van der Waals surface area contributed by atoms with Gasteiger partial charge < -0.3 is 5.73 Å². The van der Waals surface area contributed by atoms with Gasteiger partial charge in [-0.3, -0.25) is 14.6 Å². The number of benzene rings is 1. The maximum absolute atomic E-state index is 10.9. The minimum atomic E-state index is -0.237. The molecule has 2 aromatic rings. The molecule has 0 spiro atoms. The molecule has 1 fully saturated rings. The summed E-state index contributed by atoms with van der Waals surface area (Å²) in [7, 11) is 0. The zero-order chi connectivity index (χ0) is 15.4. The Hall–Kier alpha value is -1.69. The van der Waals surface area contributed by atoms with Crippen LogP contribution in [-0.4, -0.2) is 48.4 Å². The molecule has 116 valence electrons. The summed E-state index contributed by atoms with van der Waals surface area (Å²) in [5.74, 6) is -0.237. The van der Waals surface area contributed by atoms with E-state index in [2.05, 4.69) is 45.5 Å². The molecule has 0 radical (unpaired) electrons. The lowest BCUT2D eigenvalue weighted by Crippen LogP contribution is -2.48. The lowest BCUT2D eigenvalue weighted by molar-refractivity contribution is -0.119. The van der Waals surface area contributed by atoms with Crippen molar-refractivity contribution < 1.29 is 4.79 Å². The first-order chi connectivity index (χ1) is 10.7. The topological polar surface area (TPSA) is 49.6 Å². The zero-order valence-corrected chi connectivity index (χ0v) is 13.4. The predicted octanol–water partition coefficient (Wildman–Crippen LogP) is 2.02. The quantitative estimate of drug-likeness (QED) is 0.918. The Kier molecular flexibility index (Phi) is 4.87. The molecule has 1 aliphatic rings. The van der Waals surface area contributed by atoms with E-state index < -0.39 is 0 Å². The van der Waals surface area contributed by atoms with Crippen molar-refractivity contribution in [3.8, 4) is 11.1 Å². The molecule has 3 rings (SSSR count). The highest BCUT2D eigenvalue weighted by molar-refractivity contribution is 7.10. The second-order valence-electron chi connectivity index (χ2n) is 5.69. The van der Waals surface area contributed by atoms with Crippen LogP contribution < -0.4 is 5.73 Å². The van der Waals surface area contributed by atoms with E-state index in [0.717, 1.165) is 32.7 Å². The third-order valence-electron chi connectivity index (χ3n) is 3.98. The van der Waals surface area contributed by atoms with E-state index in [0.29, 0.717) is 6.54 Å². The summed E-state index contributed by atoms with van der Waals surface area (Å²) in [5, 5.41) is 2.23. The third kappa shape index (κ3) is 3.94. The molecule has 0 aliphatic carbocycles. The average Bonchev–Trinajstić information content (AvgIpc) is 2.98. The molecule has 22 heavy (non-hydrogen) atoms. The number of carbonyl (C=O) groups excluding carboxylic acids is 1. The van der Waals surface area contributed by atoms with Crippen LogP contribution >= 0.6 is 11.3 Å². The molecule has 1 saturated heterocycles. The van der Waals surface area contributed by atoms with Crippen LogP contribution in [0.15, 0.2) is 41.8 Å². The molecular formula is C17H21N3OS. The van der Waals surface area contributed by atoms with Gasteiger partial charge in [0, 0.05) is 37.6 Å². The number of nitrogens with two attached hydrogens (primary N) is 1. The Morgan fingerprint density at radius 3 is 2.41 bits per heavy atom. The molecule has 0 saturated carbocycles. The van der Waals surface area contributed by atoms with Crippen LogP contribution in [0, 0.1) is 0 Å². The first kappa shape index (κ1) is 15.2. The highest BCUT2D eigenvalue weighted by Gasteiger charge is 2.18. The van der Waals surface area contributed by atoms with Crippen molar-refractivity contribution in [1.29, 1.82) is 0 Å². The smallest absolute Gasteiger partial charge is 0.231 e. The molecule has 0 bridgehead atoms. The number of carbonyl (C=O) groups is 1. The number of hydrogen-bond donors (Lipinski definition) is 1. The van der Waals surface area contributed by atoms with Crippen LogP contribution in [0.25, 0.3) is 11.1 Å². The summed E-state index contributed by atoms with van der Waals surface area (Å²) in [5.41, 5.74) is 7.82. The van der Waals surface area contributed by atoms with Gasteiger partial charge in [0.15, 0.2) is 0 Å². The number of rotatable bonds is 5. The molecule has 2 N–H and O–H groups in total. The number of thiophene rings is 1. The monoisotopic (exact) mass is 315 g/mol. The Morgan fingerprint density at radius 2 is 1.73 bits per heavy atom. The maximum Gasteiger partial charge on any atom is 0.231 e. The molecule has 1 aromatic heterocycles. The normalized spacial score (nSPS) is 16.7. The number of nitrogens with zero attached hydrogens (tertiary/aromatic N) is 2. The minimum absolute atomic E-state index is 0.237. The number of amides is 1. The van der Waals surface area contributed by atoms with Crippen LogP contribution in [0.5, 0.6) is 0 Å². The fraction of sp³-hybridized carbons (Fsp3) is 0.353. The summed E-state index contributed by atoms with van der Waals surface area (Å²) < 4.78 is 0. The van der Waals surface area contributed by atoms with Crippen LogP contribution in [0.2, 0.25) is 0 Å². The molecule has 0 atom stereocenters. The highest BCUT2D eigenvalue weighted by Crippen LogP contribution is 2.26. The van der Waals surface area contributed by atoms with Crippen LogP contribution in [0.3, 0.4) is 0 Å². The highest BCUT2D eigenvalue weighted by atomic mass is 32.1. The fourth-order valence-electron chi connectivity index (χ4n) is 2.79. The van der Waals surface area contributed by atoms with Gasteiger partial charge in [0.05, 0.1) is 6.54 Å². The molecule has 5 heteroatoms. The maximum atomic E-state index is 10.9. The first-order valence-electron chi connectivity index (χ1n) is 7.56. The average molecular weight is 315 g/mol. The van der Waals surface area contributed by atoms with Crippen LogP contribution in [-0.2, 0) is 11.3 Å². The summed E-state index contributed by atoms with van der Waals surface area (Å²) in [6, 6.07) is 12.8. The number of primary amides is 1. The molecular weight excluding hydrogens is 294 g/mol. The lowest BCUT2D eigenvalue weighted by atomic mass is 10.1. The van der Waals surface area contributed by atoms with Crippen molar-refractivity contribution in [2.75, 3.05) is 32.7 Å². The molecule has 1 amide bonds. The van der Waals surface area contributed by atoms with Gasteiger partial charge in [-0.1, -0.05) is 30.3 Å². The van der Waals surface area contributed by atoms with Crippen LogP contribution in [0.4, 0.5) is 0 Å². The van der Waals surface area contributed by atoms with E-state index in [1.54, 1.807) is 0 Å². The van der Waals surface area contributed by atoms with Gasteiger partial charge in [0.2, 0.25) is 5.91 Å². The van der Waals surface area contributed by atoms with Crippen molar-refractivity contribution in [3.63, 3.8) is 0 Å². The molecule has 1 aliphatic heterocycles. The zero-order valence-electron chi connectivity index (χ0n) is 12.6. The van der Waals surface area contributed by atoms with E-state index in [9.17, 15) is 4.79 Å². The predicted molar refractivity (Wildman–Crippen MR) is 90.7 cm³/mol. The van der Waals surface area contributed by atoms with Crippen LogP contribution in [0.1, 0.15) is 4.88 Å². The van der Waals surface area contributed by atoms with Gasteiger partial charge in [-0.2, -0.15) is 0 Å². The summed E-state index contributed by atoms with van der Waals surface area (Å²) in [6.45, 7) is 5.18. The standard InChI is InChI=1S/C17H21N3OS/c18-17(21)12-20-8-6-19(7-9-20)11-16-10-15(13-22-16)14-4-2-1-3-5-14/h1-5,10,13H,6-9,11-12H2,(H2,18,21).